The van der Waals surface area contributed by atoms with Gasteiger partial charge in [-0.05, 0) is 18.1 Å². The molecule has 1 amide bonds. The van der Waals surface area contributed by atoms with E-state index in [0.717, 1.165) is 0 Å². The van der Waals surface area contributed by atoms with Crippen molar-refractivity contribution in [1.82, 2.24) is 5.32 Å². The first-order valence-corrected chi connectivity index (χ1v) is 6.43. The highest BCUT2D eigenvalue weighted by atomic mass is 16.5. The Hall–Kier alpha value is -2.46. The normalized spacial score (nSPS) is 16.4. The van der Waals surface area contributed by atoms with Crippen molar-refractivity contribution < 1.29 is 24.4 Å². The van der Waals surface area contributed by atoms with Gasteiger partial charge in [0.05, 0.1) is 12.0 Å². The molecule has 0 saturated heterocycles. The first-order valence-electron chi connectivity index (χ1n) is 6.43. The minimum atomic E-state index is -1.18. The van der Waals surface area contributed by atoms with E-state index < -0.39 is 13.1 Å². The molecule has 2 rings (SSSR count). The number of carboxylic acids is 1. The predicted octanol–water partition coefficient (Wildman–Crippen LogP) is 0.310. The van der Waals surface area contributed by atoms with Crippen molar-refractivity contribution in [3.8, 4) is 18.1 Å². The average molecular weight is 287 g/mol. The monoisotopic (exact) mass is 287 g/mol. The summed E-state index contributed by atoms with van der Waals surface area (Å²) in [5, 5.41) is 21.7. The molecule has 0 radical (unpaired) electrons. The van der Waals surface area contributed by atoms with Crippen LogP contribution in [0.25, 0.3) is 0 Å². The summed E-state index contributed by atoms with van der Waals surface area (Å²) in [5.41, 5.74) is 0.706. The highest BCUT2D eigenvalue weighted by Crippen LogP contribution is 2.34. The molecule has 1 atom stereocenters. The van der Waals surface area contributed by atoms with Gasteiger partial charge in [0.25, 0.3) is 0 Å². The summed E-state index contributed by atoms with van der Waals surface area (Å²) in [5.74, 6) is 0.649. The van der Waals surface area contributed by atoms with Crippen molar-refractivity contribution in [3.63, 3.8) is 0 Å². The molecular weight excluding hydrogens is 273 g/mol. The summed E-state index contributed by atoms with van der Waals surface area (Å²) in [6, 6.07) is 4.78. The van der Waals surface area contributed by atoms with E-state index in [1.165, 1.54) is 6.07 Å². The third kappa shape index (κ3) is 3.36. The van der Waals surface area contributed by atoms with Gasteiger partial charge >= 0.3 is 13.1 Å². The van der Waals surface area contributed by atoms with E-state index in [9.17, 15) is 14.6 Å². The van der Waals surface area contributed by atoms with E-state index in [1.54, 1.807) is 12.1 Å². The van der Waals surface area contributed by atoms with Crippen molar-refractivity contribution in [2.45, 2.75) is 18.7 Å². The summed E-state index contributed by atoms with van der Waals surface area (Å²) in [6.07, 6.45) is 5.42. The molecule has 0 fully saturated rings. The maximum atomic E-state index is 11.3. The minimum absolute atomic E-state index is 0.0152. The number of terminal acetylenes is 1. The SMILES string of the molecule is C#CCC(=O)NC[C@H]1Cc2cccc(C(=O)O)c2OB1O. The lowest BCUT2D eigenvalue weighted by Gasteiger charge is -2.28. The van der Waals surface area contributed by atoms with Crippen LogP contribution in [0.15, 0.2) is 18.2 Å². The molecule has 0 unspecified atom stereocenters. The van der Waals surface area contributed by atoms with Gasteiger partial charge in [-0.25, -0.2) is 4.79 Å². The predicted molar refractivity (Wildman–Crippen MR) is 75.9 cm³/mol. The van der Waals surface area contributed by atoms with Gasteiger partial charge in [-0.3, -0.25) is 4.79 Å². The summed E-state index contributed by atoms with van der Waals surface area (Å²) in [6.45, 7) is 0.207. The van der Waals surface area contributed by atoms with Crippen LogP contribution in [-0.4, -0.2) is 35.7 Å². The molecule has 1 aliphatic rings. The van der Waals surface area contributed by atoms with Gasteiger partial charge in [0.1, 0.15) is 5.75 Å². The molecule has 0 saturated carbocycles. The largest absolute Gasteiger partial charge is 0.535 e. The van der Waals surface area contributed by atoms with Crippen LogP contribution in [0.4, 0.5) is 0 Å². The Balaban J connectivity index is 2.11. The number of hydrogen-bond acceptors (Lipinski definition) is 4. The number of fused-ring (bicyclic) bond motifs is 1. The Morgan fingerprint density at radius 1 is 1.52 bits per heavy atom. The van der Waals surface area contributed by atoms with Gasteiger partial charge in [-0.1, -0.05) is 18.1 Å². The van der Waals surface area contributed by atoms with E-state index in [4.69, 9.17) is 16.2 Å². The van der Waals surface area contributed by atoms with Crippen LogP contribution in [-0.2, 0) is 11.2 Å². The molecule has 0 aliphatic carbocycles. The maximum absolute atomic E-state index is 11.3. The zero-order chi connectivity index (χ0) is 15.4. The van der Waals surface area contributed by atoms with E-state index in [2.05, 4.69) is 11.2 Å². The average Bonchev–Trinajstić information content (AvgIpc) is 2.44. The summed E-state index contributed by atoms with van der Waals surface area (Å²) in [4.78, 5) is 22.4. The van der Waals surface area contributed by atoms with Crippen molar-refractivity contribution in [2.75, 3.05) is 6.54 Å². The molecule has 6 nitrogen and oxygen atoms in total. The molecule has 1 aliphatic heterocycles. The van der Waals surface area contributed by atoms with Crippen molar-refractivity contribution in [1.29, 1.82) is 0 Å². The molecule has 108 valence electrons. The lowest BCUT2D eigenvalue weighted by Crippen LogP contribution is -2.41. The summed E-state index contributed by atoms with van der Waals surface area (Å²) < 4.78 is 5.31. The van der Waals surface area contributed by atoms with Gasteiger partial charge in [-0.15, -0.1) is 6.42 Å². The molecule has 21 heavy (non-hydrogen) atoms. The fourth-order valence-corrected chi connectivity index (χ4v) is 2.23. The lowest BCUT2D eigenvalue weighted by atomic mass is 9.66. The fourth-order valence-electron chi connectivity index (χ4n) is 2.23. The molecule has 0 spiro atoms. The number of carbonyl (C=O) groups is 2. The third-order valence-corrected chi connectivity index (χ3v) is 3.27. The number of rotatable bonds is 4. The lowest BCUT2D eigenvalue weighted by molar-refractivity contribution is -0.120. The van der Waals surface area contributed by atoms with Crippen molar-refractivity contribution in [3.05, 3.63) is 29.3 Å². The van der Waals surface area contributed by atoms with Gasteiger partial charge in [0.2, 0.25) is 5.91 Å². The second-order valence-electron chi connectivity index (χ2n) is 4.76. The highest BCUT2D eigenvalue weighted by Gasteiger charge is 2.36. The number of aromatic carboxylic acids is 1. The van der Waals surface area contributed by atoms with E-state index in [-0.39, 0.29) is 36.0 Å². The molecule has 0 bridgehead atoms. The molecule has 7 heteroatoms. The van der Waals surface area contributed by atoms with Crippen LogP contribution in [0.2, 0.25) is 5.82 Å². The van der Waals surface area contributed by atoms with Crippen molar-refractivity contribution in [2.24, 2.45) is 0 Å². The Morgan fingerprint density at radius 2 is 2.29 bits per heavy atom. The second-order valence-corrected chi connectivity index (χ2v) is 4.76. The first-order chi connectivity index (χ1) is 10.0. The second kappa shape index (κ2) is 6.33. The smallest absolute Gasteiger partial charge is 0.528 e. The minimum Gasteiger partial charge on any atom is -0.535 e. The van der Waals surface area contributed by atoms with Crippen molar-refractivity contribution >= 4 is 19.0 Å². The van der Waals surface area contributed by atoms with Crippen LogP contribution in [0.5, 0.6) is 5.75 Å². The Bertz CT molecular complexity index is 610. The number of nitrogens with one attached hydrogen (secondary N) is 1. The zero-order valence-corrected chi connectivity index (χ0v) is 11.2. The van der Waals surface area contributed by atoms with Gasteiger partial charge < -0.3 is 20.1 Å². The molecule has 1 aromatic rings. The summed E-state index contributed by atoms with van der Waals surface area (Å²) >= 11 is 0. The van der Waals surface area contributed by atoms with Gasteiger partial charge in [0.15, 0.2) is 0 Å². The number of para-hydroxylation sites is 1. The fraction of sp³-hybridized carbons (Fsp3) is 0.286. The Morgan fingerprint density at radius 3 is 2.95 bits per heavy atom. The number of carbonyl (C=O) groups excluding carboxylic acids is 1. The van der Waals surface area contributed by atoms with E-state index in [0.29, 0.717) is 12.0 Å². The molecular formula is C14H14BNO5. The van der Waals surface area contributed by atoms with Crippen LogP contribution >= 0.6 is 0 Å². The first kappa shape index (κ1) is 14.9. The quantitative estimate of drug-likeness (QED) is 0.547. The number of hydrogen-bond donors (Lipinski definition) is 3. The van der Waals surface area contributed by atoms with Crippen LogP contribution in [0.1, 0.15) is 22.3 Å². The Kier molecular flexibility index (Phi) is 4.50. The van der Waals surface area contributed by atoms with Gasteiger partial charge in [-0.2, -0.15) is 0 Å². The number of amides is 1. The van der Waals surface area contributed by atoms with E-state index >= 15 is 0 Å². The molecule has 1 heterocycles. The Labute approximate surface area is 122 Å². The summed E-state index contributed by atoms with van der Waals surface area (Å²) in [7, 11) is -1.18. The molecule has 0 aromatic heterocycles. The molecule has 1 aromatic carbocycles. The van der Waals surface area contributed by atoms with Crippen LogP contribution < -0.4 is 9.97 Å². The number of carboxylic acid groups (broad SMARTS) is 1. The molecule has 3 N–H and O–H groups in total. The van der Waals surface area contributed by atoms with Crippen LogP contribution in [0, 0.1) is 12.3 Å². The van der Waals surface area contributed by atoms with Gasteiger partial charge in [0, 0.05) is 12.4 Å². The maximum Gasteiger partial charge on any atom is 0.528 e. The van der Waals surface area contributed by atoms with E-state index in [1.807, 2.05) is 0 Å². The third-order valence-electron chi connectivity index (χ3n) is 3.27. The number of benzene rings is 1. The topological polar surface area (TPSA) is 95.9 Å². The standard InChI is InChI=1S/C14H14BNO5/c1-2-4-12(17)16-8-10-7-9-5-3-6-11(14(18)19)13(9)21-15(10)20/h1,3,5-6,10,20H,4,7-8H2,(H,16,17)(H,18,19)/t10-/m1/s1. The zero-order valence-electron chi connectivity index (χ0n) is 11.2. The van der Waals surface area contributed by atoms with Crippen LogP contribution in [0.3, 0.4) is 0 Å². The highest BCUT2D eigenvalue weighted by molar-refractivity contribution is 6.46.